The highest BCUT2D eigenvalue weighted by molar-refractivity contribution is 6.19. The maximum Gasteiger partial charge on any atom is 0.338 e. The zero-order chi connectivity index (χ0) is 17.4. The van der Waals surface area contributed by atoms with Crippen molar-refractivity contribution in [3.63, 3.8) is 0 Å². The number of nitrogens with one attached hydrogen (secondary N) is 1. The Balaban J connectivity index is 1.99. The van der Waals surface area contributed by atoms with Crippen molar-refractivity contribution in [2.24, 2.45) is 0 Å². The molecule has 0 amide bonds. The van der Waals surface area contributed by atoms with Gasteiger partial charge in [0.2, 0.25) is 0 Å². The minimum Gasteiger partial charge on any atom is -0.507 e. The van der Waals surface area contributed by atoms with E-state index in [0.29, 0.717) is 16.3 Å². The van der Waals surface area contributed by atoms with Crippen LogP contribution in [-0.2, 0) is 11.2 Å². The Kier molecular flexibility index (Phi) is 3.65. The average Bonchev–Trinajstić information content (AvgIpc) is 3.05. The lowest BCUT2D eigenvalue weighted by Gasteiger charge is -2.06. The standard InChI is InChI=1S/C21H17NO3/c1-25-21(24)15-8-5-9-16-18(15)19-17(23)11-10-14(20(19)22-16)12-13-6-3-2-4-7-13/h2-11,22-23H,12H2,1H3. The predicted octanol–water partition coefficient (Wildman–Crippen LogP) is 4.40. The fourth-order valence-electron chi connectivity index (χ4n) is 3.33. The zero-order valence-corrected chi connectivity index (χ0v) is 13.7. The summed E-state index contributed by atoms with van der Waals surface area (Å²) in [5.74, 6) is -0.270. The number of carbonyl (C=O) groups excluding carboxylic acids is 1. The summed E-state index contributed by atoms with van der Waals surface area (Å²) in [6.07, 6.45) is 0.734. The molecular formula is C21H17NO3. The van der Waals surface area contributed by atoms with Gasteiger partial charge in [-0.3, -0.25) is 0 Å². The summed E-state index contributed by atoms with van der Waals surface area (Å²) >= 11 is 0. The van der Waals surface area contributed by atoms with Crippen molar-refractivity contribution in [1.82, 2.24) is 4.98 Å². The van der Waals surface area contributed by atoms with Gasteiger partial charge in [0.25, 0.3) is 0 Å². The second kappa shape index (κ2) is 5.98. The Bertz CT molecular complexity index is 1080. The number of aromatic amines is 1. The Morgan fingerprint density at radius 1 is 1.00 bits per heavy atom. The van der Waals surface area contributed by atoms with Crippen molar-refractivity contribution in [3.05, 3.63) is 77.4 Å². The summed E-state index contributed by atoms with van der Waals surface area (Å²) in [7, 11) is 1.36. The summed E-state index contributed by atoms with van der Waals surface area (Å²) in [6.45, 7) is 0. The molecule has 0 bridgehead atoms. The molecular weight excluding hydrogens is 314 g/mol. The van der Waals surface area contributed by atoms with Crippen LogP contribution in [-0.4, -0.2) is 23.2 Å². The van der Waals surface area contributed by atoms with Crippen molar-refractivity contribution in [2.75, 3.05) is 7.11 Å². The first-order chi connectivity index (χ1) is 12.2. The molecule has 2 N–H and O–H groups in total. The molecule has 0 radical (unpaired) electrons. The topological polar surface area (TPSA) is 62.3 Å². The molecule has 4 aromatic rings. The minimum absolute atomic E-state index is 0.148. The van der Waals surface area contributed by atoms with E-state index in [1.807, 2.05) is 30.3 Å². The van der Waals surface area contributed by atoms with Crippen LogP contribution in [0.1, 0.15) is 21.5 Å². The smallest absolute Gasteiger partial charge is 0.338 e. The van der Waals surface area contributed by atoms with E-state index in [1.165, 1.54) is 12.7 Å². The number of benzene rings is 3. The van der Waals surface area contributed by atoms with Gasteiger partial charge in [0.05, 0.1) is 23.6 Å². The maximum atomic E-state index is 12.1. The highest BCUT2D eigenvalue weighted by atomic mass is 16.5. The maximum absolute atomic E-state index is 12.1. The number of methoxy groups -OCH3 is 1. The van der Waals surface area contributed by atoms with E-state index in [4.69, 9.17) is 4.74 Å². The van der Waals surface area contributed by atoms with Crippen LogP contribution in [0.2, 0.25) is 0 Å². The SMILES string of the molecule is COC(=O)c1cccc2[nH]c3c(Cc4ccccc4)ccc(O)c3c12. The fraction of sp³-hybridized carbons (Fsp3) is 0.0952. The van der Waals surface area contributed by atoms with E-state index in [9.17, 15) is 9.90 Å². The Morgan fingerprint density at radius 2 is 1.80 bits per heavy atom. The van der Waals surface area contributed by atoms with Gasteiger partial charge >= 0.3 is 5.97 Å². The third-order valence-electron chi connectivity index (χ3n) is 4.49. The number of esters is 1. The minimum atomic E-state index is -0.417. The van der Waals surface area contributed by atoms with Gasteiger partial charge < -0.3 is 14.8 Å². The number of phenolic OH excluding ortho intramolecular Hbond substituents is 1. The summed E-state index contributed by atoms with van der Waals surface area (Å²) in [6, 6.07) is 19.2. The first-order valence-corrected chi connectivity index (χ1v) is 8.06. The van der Waals surface area contributed by atoms with Crippen LogP contribution in [0.15, 0.2) is 60.7 Å². The van der Waals surface area contributed by atoms with Gasteiger partial charge in [-0.15, -0.1) is 0 Å². The Labute approximate surface area is 144 Å². The predicted molar refractivity (Wildman–Crippen MR) is 98.1 cm³/mol. The van der Waals surface area contributed by atoms with E-state index in [-0.39, 0.29) is 5.75 Å². The fourth-order valence-corrected chi connectivity index (χ4v) is 3.33. The van der Waals surface area contributed by atoms with Crippen molar-refractivity contribution in [1.29, 1.82) is 0 Å². The van der Waals surface area contributed by atoms with Crippen molar-refractivity contribution in [2.45, 2.75) is 6.42 Å². The normalized spacial score (nSPS) is 11.1. The Morgan fingerprint density at radius 3 is 2.56 bits per heavy atom. The quantitative estimate of drug-likeness (QED) is 0.547. The molecule has 4 nitrogen and oxygen atoms in total. The number of carbonyl (C=O) groups is 1. The lowest BCUT2D eigenvalue weighted by atomic mass is 10.00. The number of aromatic hydroxyl groups is 1. The third-order valence-corrected chi connectivity index (χ3v) is 4.49. The molecule has 0 aliphatic heterocycles. The largest absolute Gasteiger partial charge is 0.507 e. The molecule has 0 saturated heterocycles. The van der Waals surface area contributed by atoms with Gasteiger partial charge in [0.1, 0.15) is 5.75 Å². The molecule has 0 atom stereocenters. The molecule has 25 heavy (non-hydrogen) atoms. The third kappa shape index (κ3) is 2.52. The van der Waals surface area contributed by atoms with Crippen LogP contribution in [0.4, 0.5) is 0 Å². The molecule has 0 aliphatic rings. The highest BCUT2D eigenvalue weighted by Gasteiger charge is 2.18. The number of phenols is 1. The molecule has 0 fully saturated rings. The van der Waals surface area contributed by atoms with Gasteiger partial charge in [0, 0.05) is 10.9 Å². The number of hydrogen-bond donors (Lipinski definition) is 2. The van der Waals surface area contributed by atoms with E-state index in [1.54, 1.807) is 18.2 Å². The van der Waals surface area contributed by atoms with Crippen molar-refractivity contribution in [3.8, 4) is 5.75 Å². The second-order valence-corrected chi connectivity index (χ2v) is 6.00. The van der Waals surface area contributed by atoms with E-state index in [2.05, 4.69) is 17.1 Å². The van der Waals surface area contributed by atoms with Gasteiger partial charge in [0.15, 0.2) is 0 Å². The van der Waals surface area contributed by atoms with Gasteiger partial charge in [-0.05, 0) is 35.7 Å². The number of ether oxygens (including phenoxy) is 1. The van der Waals surface area contributed by atoms with Crippen molar-refractivity contribution < 1.29 is 14.6 Å². The number of rotatable bonds is 3. The number of hydrogen-bond acceptors (Lipinski definition) is 3. The first kappa shape index (κ1) is 15.3. The summed E-state index contributed by atoms with van der Waals surface area (Å²) in [5, 5.41) is 11.8. The molecule has 0 aliphatic carbocycles. The van der Waals surface area contributed by atoms with Crippen LogP contribution < -0.4 is 0 Å². The van der Waals surface area contributed by atoms with Gasteiger partial charge in [-0.2, -0.15) is 0 Å². The molecule has 1 aromatic heterocycles. The molecule has 0 unspecified atom stereocenters. The molecule has 124 valence electrons. The van der Waals surface area contributed by atoms with Crippen LogP contribution in [0.3, 0.4) is 0 Å². The second-order valence-electron chi connectivity index (χ2n) is 6.00. The van der Waals surface area contributed by atoms with E-state index in [0.717, 1.165) is 23.0 Å². The molecule has 4 rings (SSSR count). The van der Waals surface area contributed by atoms with E-state index >= 15 is 0 Å². The number of H-pyrrole nitrogens is 1. The van der Waals surface area contributed by atoms with Crippen LogP contribution in [0, 0.1) is 0 Å². The number of fused-ring (bicyclic) bond motifs is 3. The highest BCUT2D eigenvalue weighted by Crippen LogP contribution is 2.37. The van der Waals surface area contributed by atoms with Crippen LogP contribution in [0.5, 0.6) is 5.75 Å². The average molecular weight is 331 g/mol. The van der Waals surface area contributed by atoms with Crippen LogP contribution >= 0.6 is 0 Å². The zero-order valence-electron chi connectivity index (χ0n) is 13.7. The summed E-state index contributed by atoms with van der Waals surface area (Å²) in [4.78, 5) is 15.5. The summed E-state index contributed by atoms with van der Waals surface area (Å²) < 4.78 is 4.89. The van der Waals surface area contributed by atoms with E-state index < -0.39 is 5.97 Å². The van der Waals surface area contributed by atoms with Gasteiger partial charge in [-0.1, -0.05) is 42.5 Å². The molecule has 0 saturated carbocycles. The number of aromatic nitrogens is 1. The lowest BCUT2D eigenvalue weighted by Crippen LogP contribution is -2.01. The van der Waals surface area contributed by atoms with Crippen LogP contribution in [0.25, 0.3) is 21.8 Å². The van der Waals surface area contributed by atoms with Gasteiger partial charge in [-0.25, -0.2) is 4.79 Å². The molecule has 4 heteroatoms. The summed E-state index contributed by atoms with van der Waals surface area (Å²) in [5.41, 5.74) is 4.33. The first-order valence-electron chi connectivity index (χ1n) is 8.06. The molecule has 0 spiro atoms. The lowest BCUT2D eigenvalue weighted by molar-refractivity contribution is 0.0603. The monoisotopic (exact) mass is 331 g/mol. The Hall–Kier alpha value is -3.27. The molecule has 3 aromatic carbocycles. The van der Waals surface area contributed by atoms with Crippen molar-refractivity contribution >= 4 is 27.8 Å². The molecule has 1 heterocycles.